The Morgan fingerprint density at radius 1 is 1.33 bits per heavy atom. The third-order valence-corrected chi connectivity index (χ3v) is 5.93. The van der Waals surface area contributed by atoms with Crippen LogP contribution in [-0.2, 0) is 16.4 Å². The molecule has 0 saturated heterocycles. The van der Waals surface area contributed by atoms with Gasteiger partial charge in [0, 0.05) is 24.0 Å². The SMILES string of the molecule is C[C@H]1Cc2cc(C(=O)CSc3ncccn3)ccc2N1S(C)(=O)=O. The van der Waals surface area contributed by atoms with Crippen molar-refractivity contribution in [3.05, 3.63) is 47.8 Å². The van der Waals surface area contributed by atoms with E-state index in [1.807, 2.05) is 6.92 Å². The van der Waals surface area contributed by atoms with Gasteiger partial charge in [0.15, 0.2) is 10.9 Å². The molecule has 0 N–H and O–H groups in total. The molecule has 1 aliphatic rings. The van der Waals surface area contributed by atoms with Gasteiger partial charge < -0.3 is 0 Å². The Bertz CT molecular complexity index is 869. The largest absolute Gasteiger partial charge is 0.293 e. The van der Waals surface area contributed by atoms with Gasteiger partial charge in [-0.3, -0.25) is 9.10 Å². The monoisotopic (exact) mass is 363 g/mol. The number of carbonyl (C=O) groups excluding carboxylic acids is 1. The fraction of sp³-hybridized carbons (Fsp3) is 0.312. The van der Waals surface area contributed by atoms with Gasteiger partial charge in [-0.25, -0.2) is 18.4 Å². The minimum absolute atomic E-state index is 0.0271. The Hall–Kier alpha value is -1.93. The van der Waals surface area contributed by atoms with Gasteiger partial charge >= 0.3 is 0 Å². The van der Waals surface area contributed by atoms with Gasteiger partial charge in [0.1, 0.15) is 0 Å². The number of sulfonamides is 1. The molecule has 0 saturated carbocycles. The van der Waals surface area contributed by atoms with Crippen molar-refractivity contribution in [2.75, 3.05) is 16.3 Å². The van der Waals surface area contributed by atoms with Crippen LogP contribution in [0.1, 0.15) is 22.8 Å². The summed E-state index contributed by atoms with van der Waals surface area (Å²) in [5.41, 5.74) is 2.14. The number of nitrogens with zero attached hydrogens (tertiary/aromatic N) is 3. The van der Waals surface area contributed by atoms with Crippen molar-refractivity contribution in [1.82, 2.24) is 9.97 Å². The van der Waals surface area contributed by atoms with Gasteiger partial charge in [-0.1, -0.05) is 11.8 Å². The summed E-state index contributed by atoms with van der Waals surface area (Å²) in [5, 5.41) is 0.559. The molecule has 1 aromatic carbocycles. The first-order chi connectivity index (χ1) is 11.4. The summed E-state index contributed by atoms with van der Waals surface area (Å²) in [6, 6.07) is 6.79. The molecule has 2 aromatic rings. The van der Waals surface area contributed by atoms with Crippen LogP contribution < -0.4 is 4.31 Å². The molecule has 2 heterocycles. The zero-order chi connectivity index (χ0) is 17.3. The van der Waals surface area contributed by atoms with Crippen LogP contribution in [0.4, 0.5) is 5.69 Å². The van der Waals surface area contributed by atoms with E-state index in [0.717, 1.165) is 5.56 Å². The number of Topliss-reactive ketones (excluding diaryl/α,β-unsaturated/α-hetero) is 1. The lowest BCUT2D eigenvalue weighted by atomic mass is 10.0. The van der Waals surface area contributed by atoms with Gasteiger partial charge in [0.25, 0.3) is 0 Å². The summed E-state index contributed by atoms with van der Waals surface area (Å²) < 4.78 is 25.3. The number of ketones is 1. The summed E-state index contributed by atoms with van der Waals surface area (Å²) >= 11 is 1.28. The fourth-order valence-electron chi connectivity index (χ4n) is 2.85. The molecule has 0 spiro atoms. The molecule has 6 nitrogen and oxygen atoms in total. The van der Waals surface area contributed by atoms with Crippen molar-refractivity contribution in [1.29, 1.82) is 0 Å². The number of aromatic nitrogens is 2. The number of fused-ring (bicyclic) bond motifs is 1. The highest BCUT2D eigenvalue weighted by Gasteiger charge is 2.32. The van der Waals surface area contributed by atoms with Crippen molar-refractivity contribution in [3.8, 4) is 0 Å². The summed E-state index contributed by atoms with van der Waals surface area (Å²) in [7, 11) is -3.32. The standard InChI is InChI=1S/C16H17N3O3S2/c1-11-8-13-9-12(4-5-14(13)19(11)24(2,21)22)15(20)10-23-16-17-6-3-7-18-16/h3-7,9,11H,8,10H2,1-2H3/t11-/m0/s1. The predicted molar refractivity (Wildman–Crippen MR) is 94.0 cm³/mol. The number of hydrogen-bond acceptors (Lipinski definition) is 6. The molecule has 0 fully saturated rings. The molecule has 1 aliphatic heterocycles. The zero-order valence-corrected chi connectivity index (χ0v) is 15.0. The van der Waals surface area contributed by atoms with Gasteiger partial charge in [0.2, 0.25) is 10.0 Å². The van der Waals surface area contributed by atoms with E-state index in [1.165, 1.54) is 22.3 Å². The van der Waals surface area contributed by atoms with Crippen molar-refractivity contribution >= 4 is 33.3 Å². The maximum absolute atomic E-state index is 12.4. The highest BCUT2D eigenvalue weighted by molar-refractivity contribution is 7.99. The van der Waals surface area contributed by atoms with Crippen LogP contribution >= 0.6 is 11.8 Å². The molecule has 0 aliphatic carbocycles. The summed E-state index contributed by atoms with van der Waals surface area (Å²) in [4.78, 5) is 20.5. The molecule has 1 atom stereocenters. The number of carbonyl (C=O) groups is 1. The molecule has 0 amide bonds. The van der Waals surface area contributed by atoms with Crippen LogP contribution in [0.15, 0.2) is 41.8 Å². The Balaban J connectivity index is 1.77. The van der Waals surface area contributed by atoms with Crippen molar-refractivity contribution in [2.24, 2.45) is 0 Å². The normalized spacial score (nSPS) is 16.9. The smallest absolute Gasteiger partial charge is 0.232 e. The molecule has 1 aromatic heterocycles. The van der Waals surface area contributed by atoms with E-state index in [4.69, 9.17) is 0 Å². The van der Waals surface area contributed by atoms with Crippen LogP contribution in [0.3, 0.4) is 0 Å². The molecule has 0 unspecified atom stereocenters. The molecule has 0 radical (unpaired) electrons. The lowest BCUT2D eigenvalue weighted by molar-refractivity contribution is 0.102. The van der Waals surface area contributed by atoms with Gasteiger partial charge in [-0.05, 0) is 43.2 Å². The Morgan fingerprint density at radius 3 is 2.71 bits per heavy atom. The molecule has 24 heavy (non-hydrogen) atoms. The molecule has 126 valence electrons. The predicted octanol–water partition coefficient (Wildman–Crippen LogP) is 2.16. The number of anilines is 1. The highest BCUT2D eigenvalue weighted by Crippen LogP contribution is 2.35. The van der Waals surface area contributed by atoms with E-state index in [2.05, 4.69) is 9.97 Å². The maximum Gasteiger partial charge on any atom is 0.232 e. The average Bonchev–Trinajstić information content (AvgIpc) is 2.88. The van der Waals surface area contributed by atoms with Gasteiger partial charge in [-0.2, -0.15) is 0 Å². The Morgan fingerprint density at radius 2 is 2.04 bits per heavy atom. The van der Waals surface area contributed by atoms with Crippen molar-refractivity contribution in [3.63, 3.8) is 0 Å². The van der Waals surface area contributed by atoms with Crippen LogP contribution in [-0.4, -0.2) is 42.2 Å². The molecule has 3 rings (SSSR count). The van der Waals surface area contributed by atoms with E-state index in [0.29, 0.717) is 22.8 Å². The minimum atomic E-state index is -3.32. The fourth-order valence-corrected chi connectivity index (χ4v) is 4.82. The number of benzene rings is 1. The zero-order valence-electron chi connectivity index (χ0n) is 13.3. The quantitative estimate of drug-likeness (QED) is 0.460. The van der Waals surface area contributed by atoms with Crippen molar-refractivity contribution in [2.45, 2.75) is 24.5 Å². The van der Waals surface area contributed by atoms with E-state index >= 15 is 0 Å². The Kier molecular flexibility index (Phi) is 4.60. The summed E-state index contributed by atoms with van der Waals surface area (Å²) in [5.74, 6) is 0.217. The second kappa shape index (κ2) is 6.52. The number of thioether (sulfide) groups is 1. The first-order valence-electron chi connectivity index (χ1n) is 7.41. The average molecular weight is 363 g/mol. The summed E-state index contributed by atoms with van der Waals surface area (Å²) in [6.45, 7) is 1.87. The highest BCUT2D eigenvalue weighted by atomic mass is 32.2. The van der Waals surface area contributed by atoms with E-state index < -0.39 is 10.0 Å². The second-order valence-electron chi connectivity index (χ2n) is 5.70. The summed E-state index contributed by atoms with van der Waals surface area (Å²) in [6.07, 6.45) is 5.08. The first kappa shape index (κ1) is 16.9. The van der Waals surface area contributed by atoms with Gasteiger partial charge in [-0.15, -0.1) is 0 Å². The maximum atomic E-state index is 12.4. The van der Waals surface area contributed by atoms with Crippen LogP contribution in [0.5, 0.6) is 0 Å². The minimum Gasteiger partial charge on any atom is -0.293 e. The van der Waals surface area contributed by atoms with E-state index in [1.54, 1.807) is 36.7 Å². The number of hydrogen-bond donors (Lipinski definition) is 0. The Labute approximate surface area is 145 Å². The van der Waals surface area contributed by atoms with Crippen LogP contribution in [0.2, 0.25) is 0 Å². The number of rotatable bonds is 5. The molecular formula is C16H17N3O3S2. The topological polar surface area (TPSA) is 80.2 Å². The third-order valence-electron chi connectivity index (χ3n) is 3.79. The van der Waals surface area contributed by atoms with Gasteiger partial charge in [0.05, 0.1) is 17.7 Å². The second-order valence-corrected chi connectivity index (χ2v) is 8.50. The molecular weight excluding hydrogens is 346 g/mol. The lowest BCUT2D eigenvalue weighted by Crippen LogP contribution is -2.34. The molecule has 8 heteroatoms. The van der Waals surface area contributed by atoms with E-state index in [9.17, 15) is 13.2 Å². The first-order valence-corrected chi connectivity index (χ1v) is 10.2. The van der Waals surface area contributed by atoms with E-state index in [-0.39, 0.29) is 17.6 Å². The lowest BCUT2D eigenvalue weighted by Gasteiger charge is -2.21. The third kappa shape index (κ3) is 3.44. The van der Waals surface area contributed by atoms with Crippen LogP contribution in [0.25, 0.3) is 0 Å². The van der Waals surface area contributed by atoms with Crippen molar-refractivity contribution < 1.29 is 13.2 Å². The molecule has 0 bridgehead atoms. The van der Waals surface area contributed by atoms with Crippen LogP contribution in [0, 0.1) is 0 Å².